The topological polar surface area (TPSA) is 97.3 Å². The number of nitrogens with two attached hydrogens (primary N) is 1. The van der Waals surface area contributed by atoms with Crippen molar-refractivity contribution in [3.8, 4) is 0 Å². The summed E-state index contributed by atoms with van der Waals surface area (Å²) in [6.45, 7) is 1.39. The Morgan fingerprint density at radius 3 is 2.94 bits per heavy atom. The lowest BCUT2D eigenvalue weighted by atomic mass is 10.4. The van der Waals surface area contributed by atoms with Crippen LogP contribution in [0.5, 0.6) is 0 Å². The standard InChI is InChI=1S/C9H15N5O2/c1-14(6-2-3-6)5-4-11-9(15)7-8(10)13-16-12-7/h6H,2-5H2,1H3,(H2,10,13)(H,11,15). The first-order chi connectivity index (χ1) is 7.68. The van der Waals surface area contributed by atoms with Gasteiger partial charge in [0.15, 0.2) is 0 Å². The third-order valence-electron chi connectivity index (χ3n) is 2.65. The minimum absolute atomic E-state index is 0.0213. The molecule has 0 atom stereocenters. The van der Waals surface area contributed by atoms with Crippen LogP contribution in [-0.2, 0) is 0 Å². The summed E-state index contributed by atoms with van der Waals surface area (Å²) in [5.74, 6) is -0.323. The Bertz CT molecular complexity index is 374. The average Bonchev–Trinajstić information content (AvgIpc) is 3.01. The van der Waals surface area contributed by atoms with Gasteiger partial charge in [-0.1, -0.05) is 0 Å². The largest absolute Gasteiger partial charge is 0.379 e. The second-order valence-electron chi connectivity index (χ2n) is 3.97. The molecule has 1 aliphatic rings. The van der Waals surface area contributed by atoms with Gasteiger partial charge in [-0.2, -0.15) is 0 Å². The highest BCUT2D eigenvalue weighted by Crippen LogP contribution is 2.24. The summed E-state index contributed by atoms with van der Waals surface area (Å²) in [5.41, 5.74) is 5.44. The Morgan fingerprint density at radius 2 is 2.38 bits per heavy atom. The molecule has 0 spiro atoms. The Labute approximate surface area is 92.9 Å². The Balaban J connectivity index is 1.73. The fourth-order valence-corrected chi connectivity index (χ4v) is 1.48. The number of likely N-dealkylation sites (N-methyl/N-ethyl adjacent to an activating group) is 1. The predicted octanol–water partition coefficient (Wildman–Crippen LogP) is -0.524. The van der Waals surface area contributed by atoms with E-state index in [0.29, 0.717) is 12.6 Å². The maximum atomic E-state index is 11.5. The van der Waals surface area contributed by atoms with Crippen molar-refractivity contribution in [1.29, 1.82) is 0 Å². The first kappa shape index (κ1) is 10.9. The quantitative estimate of drug-likeness (QED) is 0.699. The van der Waals surface area contributed by atoms with Crippen LogP contribution in [0, 0.1) is 0 Å². The summed E-state index contributed by atoms with van der Waals surface area (Å²) < 4.78 is 4.35. The molecule has 1 saturated carbocycles. The van der Waals surface area contributed by atoms with E-state index in [4.69, 9.17) is 5.73 Å². The molecule has 88 valence electrons. The molecule has 16 heavy (non-hydrogen) atoms. The van der Waals surface area contributed by atoms with Gasteiger partial charge in [-0.25, -0.2) is 4.63 Å². The normalized spacial score (nSPS) is 15.4. The van der Waals surface area contributed by atoms with Gasteiger partial charge in [0.25, 0.3) is 5.91 Å². The van der Waals surface area contributed by atoms with Gasteiger partial charge >= 0.3 is 0 Å². The highest BCUT2D eigenvalue weighted by molar-refractivity contribution is 5.95. The molecule has 1 aromatic rings. The van der Waals surface area contributed by atoms with Crippen molar-refractivity contribution in [3.05, 3.63) is 5.69 Å². The van der Waals surface area contributed by atoms with Gasteiger partial charge in [0.05, 0.1) is 0 Å². The molecule has 0 bridgehead atoms. The molecule has 1 aliphatic carbocycles. The van der Waals surface area contributed by atoms with E-state index in [1.807, 2.05) is 0 Å². The van der Waals surface area contributed by atoms with Crippen LogP contribution >= 0.6 is 0 Å². The van der Waals surface area contributed by atoms with Gasteiger partial charge in [0, 0.05) is 19.1 Å². The molecule has 0 unspecified atom stereocenters. The Kier molecular flexibility index (Phi) is 3.04. The van der Waals surface area contributed by atoms with Crippen molar-refractivity contribution >= 4 is 11.7 Å². The third kappa shape index (κ3) is 2.48. The summed E-state index contributed by atoms with van der Waals surface area (Å²) in [6.07, 6.45) is 2.51. The molecule has 7 nitrogen and oxygen atoms in total. The van der Waals surface area contributed by atoms with E-state index in [2.05, 4.69) is 32.2 Å². The molecule has 1 amide bonds. The van der Waals surface area contributed by atoms with Gasteiger partial charge in [-0.3, -0.25) is 4.79 Å². The van der Waals surface area contributed by atoms with E-state index in [9.17, 15) is 4.79 Å². The van der Waals surface area contributed by atoms with Crippen molar-refractivity contribution in [2.45, 2.75) is 18.9 Å². The lowest BCUT2D eigenvalue weighted by Gasteiger charge is -2.15. The van der Waals surface area contributed by atoms with Crippen molar-refractivity contribution in [1.82, 2.24) is 20.5 Å². The van der Waals surface area contributed by atoms with Crippen molar-refractivity contribution < 1.29 is 9.42 Å². The van der Waals surface area contributed by atoms with E-state index in [-0.39, 0.29) is 17.4 Å². The van der Waals surface area contributed by atoms with Crippen molar-refractivity contribution in [2.75, 3.05) is 25.9 Å². The molecule has 3 N–H and O–H groups in total. The first-order valence-corrected chi connectivity index (χ1v) is 5.25. The van der Waals surface area contributed by atoms with Crippen molar-refractivity contribution in [2.24, 2.45) is 0 Å². The highest BCUT2D eigenvalue weighted by Gasteiger charge is 2.25. The summed E-state index contributed by atoms with van der Waals surface area (Å²) >= 11 is 0. The molecule has 0 aromatic carbocycles. The number of nitrogens with zero attached hydrogens (tertiary/aromatic N) is 3. The van der Waals surface area contributed by atoms with E-state index in [0.717, 1.165) is 6.54 Å². The second-order valence-corrected chi connectivity index (χ2v) is 3.97. The molecule has 1 heterocycles. The SMILES string of the molecule is CN(CCNC(=O)c1nonc1N)C1CC1. The zero-order chi connectivity index (χ0) is 11.5. The number of rotatable bonds is 5. The monoisotopic (exact) mass is 225 g/mol. The van der Waals surface area contributed by atoms with E-state index < -0.39 is 0 Å². The van der Waals surface area contributed by atoms with Gasteiger partial charge < -0.3 is 16.0 Å². The summed E-state index contributed by atoms with van der Waals surface area (Å²) in [5, 5.41) is 9.48. The number of anilines is 1. The zero-order valence-corrected chi connectivity index (χ0v) is 9.14. The number of nitrogen functional groups attached to an aromatic ring is 1. The minimum atomic E-state index is -0.344. The maximum Gasteiger partial charge on any atom is 0.277 e. The number of aromatic nitrogens is 2. The second kappa shape index (κ2) is 4.48. The first-order valence-electron chi connectivity index (χ1n) is 5.25. The lowest BCUT2D eigenvalue weighted by molar-refractivity contribution is 0.0940. The van der Waals surface area contributed by atoms with E-state index >= 15 is 0 Å². The number of amides is 1. The molecule has 0 aliphatic heterocycles. The number of carbonyl (C=O) groups excluding carboxylic acids is 1. The molecule has 1 aromatic heterocycles. The van der Waals surface area contributed by atoms with Crippen molar-refractivity contribution in [3.63, 3.8) is 0 Å². The number of hydrogen-bond donors (Lipinski definition) is 2. The fourth-order valence-electron chi connectivity index (χ4n) is 1.48. The molecule has 7 heteroatoms. The number of nitrogens with one attached hydrogen (secondary N) is 1. The maximum absolute atomic E-state index is 11.5. The zero-order valence-electron chi connectivity index (χ0n) is 9.14. The molecule has 0 radical (unpaired) electrons. The van der Waals surface area contributed by atoms with Crippen LogP contribution in [0.4, 0.5) is 5.82 Å². The van der Waals surface area contributed by atoms with Gasteiger partial charge in [-0.15, -0.1) is 0 Å². The average molecular weight is 225 g/mol. The van der Waals surface area contributed by atoms with E-state index in [1.54, 1.807) is 0 Å². The van der Waals surface area contributed by atoms with Crippen LogP contribution < -0.4 is 11.1 Å². The molecule has 1 fully saturated rings. The van der Waals surface area contributed by atoms with Crippen LogP contribution in [0.25, 0.3) is 0 Å². The lowest BCUT2D eigenvalue weighted by Crippen LogP contribution is -2.34. The summed E-state index contributed by atoms with van der Waals surface area (Å²) in [7, 11) is 2.05. The van der Waals surface area contributed by atoms with Crippen LogP contribution in [0.2, 0.25) is 0 Å². The number of carbonyl (C=O) groups is 1. The molecular weight excluding hydrogens is 210 g/mol. The number of hydrogen-bond acceptors (Lipinski definition) is 6. The smallest absolute Gasteiger partial charge is 0.277 e. The molecular formula is C9H15N5O2. The van der Waals surface area contributed by atoms with Gasteiger partial charge in [0.2, 0.25) is 11.5 Å². The van der Waals surface area contributed by atoms with Gasteiger partial charge in [0.1, 0.15) is 0 Å². The van der Waals surface area contributed by atoms with Crippen LogP contribution in [0.3, 0.4) is 0 Å². The minimum Gasteiger partial charge on any atom is -0.379 e. The molecule has 0 saturated heterocycles. The highest BCUT2D eigenvalue weighted by atomic mass is 16.6. The fraction of sp³-hybridized carbons (Fsp3) is 0.667. The van der Waals surface area contributed by atoms with Crippen LogP contribution in [-0.4, -0.2) is 47.3 Å². The predicted molar refractivity (Wildman–Crippen MR) is 56.7 cm³/mol. The van der Waals surface area contributed by atoms with E-state index in [1.165, 1.54) is 12.8 Å². The summed E-state index contributed by atoms with van der Waals surface area (Å²) in [6, 6.07) is 0.690. The third-order valence-corrected chi connectivity index (χ3v) is 2.65. The van der Waals surface area contributed by atoms with Gasteiger partial charge in [-0.05, 0) is 30.2 Å². The Hall–Kier alpha value is -1.63. The summed E-state index contributed by atoms with van der Waals surface area (Å²) in [4.78, 5) is 13.7. The Morgan fingerprint density at radius 1 is 1.62 bits per heavy atom. The molecule has 2 rings (SSSR count). The van der Waals surface area contributed by atoms with Crippen LogP contribution in [0.15, 0.2) is 4.63 Å². The van der Waals surface area contributed by atoms with Crippen LogP contribution in [0.1, 0.15) is 23.3 Å².